The third-order valence-corrected chi connectivity index (χ3v) is 2.96. The minimum Gasteiger partial charge on any atom is -0.497 e. The van der Waals surface area contributed by atoms with E-state index in [2.05, 4.69) is 12.2 Å². The van der Waals surface area contributed by atoms with Gasteiger partial charge in [0.1, 0.15) is 11.5 Å². The van der Waals surface area contributed by atoms with Gasteiger partial charge in [-0.15, -0.1) is 0 Å². The lowest BCUT2D eigenvalue weighted by atomic mass is 9.97. The molecule has 1 aromatic carbocycles. The summed E-state index contributed by atoms with van der Waals surface area (Å²) in [6.45, 7) is 1.40. The zero-order chi connectivity index (χ0) is 14.4. The SMILES string of the molecule is COC1=CC(/C=C/c2ccccc2)CC(OC(C)=O)=C1. The maximum Gasteiger partial charge on any atom is 0.307 e. The van der Waals surface area contributed by atoms with Gasteiger partial charge in [0.25, 0.3) is 0 Å². The molecule has 1 aromatic rings. The van der Waals surface area contributed by atoms with Crippen molar-refractivity contribution in [3.63, 3.8) is 0 Å². The van der Waals surface area contributed by atoms with Crippen LogP contribution in [-0.2, 0) is 14.3 Å². The van der Waals surface area contributed by atoms with Crippen molar-refractivity contribution < 1.29 is 14.3 Å². The van der Waals surface area contributed by atoms with Crippen LogP contribution in [0.1, 0.15) is 18.9 Å². The molecule has 3 nitrogen and oxygen atoms in total. The van der Waals surface area contributed by atoms with Gasteiger partial charge in [0.2, 0.25) is 0 Å². The van der Waals surface area contributed by atoms with E-state index in [4.69, 9.17) is 9.47 Å². The molecule has 0 aromatic heterocycles. The molecule has 2 rings (SSSR count). The van der Waals surface area contributed by atoms with Crippen LogP contribution in [0.2, 0.25) is 0 Å². The average Bonchev–Trinajstić information content (AvgIpc) is 2.45. The fourth-order valence-corrected chi connectivity index (χ4v) is 2.07. The van der Waals surface area contributed by atoms with E-state index >= 15 is 0 Å². The second kappa shape index (κ2) is 6.75. The Morgan fingerprint density at radius 1 is 1.30 bits per heavy atom. The van der Waals surface area contributed by atoms with Crippen molar-refractivity contribution >= 4 is 12.0 Å². The molecule has 104 valence electrons. The van der Waals surface area contributed by atoms with Gasteiger partial charge < -0.3 is 9.47 Å². The molecule has 1 atom stereocenters. The summed E-state index contributed by atoms with van der Waals surface area (Å²) < 4.78 is 10.4. The Hall–Kier alpha value is -2.29. The van der Waals surface area contributed by atoms with E-state index in [1.54, 1.807) is 13.2 Å². The Morgan fingerprint density at radius 2 is 2.05 bits per heavy atom. The molecule has 1 aliphatic carbocycles. The molecule has 0 N–H and O–H groups in total. The molecular weight excluding hydrogens is 252 g/mol. The maximum atomic E-state index is 11.1. The zero-order valence-corrected chi connectivity index (χ0v) is 11.7. The topological polar surface area (TPSA) is 35.5 Å². The molecule has 0 heterocycles. The van der Waals surface area contributed by atoms with Gasteiger partial charge in [-0.05, 0) is 11.6 Å². The molecule has 3 heteroatoms. The van der Waals surface area contributed by atoms with E-state index in [-0.39, 0.29) is 11.9 Å². The molecule has 0 amide bonds. The molecule has 0 radical (unpaired) electrons. The summed E-state index contributed by atoms with van der Waals surface area (Å²) in [6.07, 6.45) is 8.59. The molecule has 20 heavy (non-hydrogen) atoms. The van der Waals surface area contributed by atoms with E-state index in [1.807, 2.05) is 36.4 Å². The number of carbonyl (C=O) groups is 1. The first kappa shape index (κ1) is 14.1. The van der Waals surface area contributed by atoms with Crippen LogP contribution in [0.3, 0.4) is 0 Å². The summed E-state index contributed by atoms with van der Waals surface area (Å²) in [5, 5.41) is 0. The largest absolute Gasteiger partial charge is 0.497 e. The summed E-state index contributed by atoms with van der Waals surface area (Å²) in [5.41, 5.74) is 1.14. The lowest BCUT2D eigenvalue weighted by molar-refractivity contribution is -0.137. The molecule has 0 saturated carbocycles. The van der Waals surface area contributed by atoms with Gasteiger partial charge >= 0.3 is 5.97 Å². The Bertz CT molecular complexity index is 553. The highest BCUT2D eigenvalue weighted by atomic mass is 16.5. The lowest BCUT2D eigenvalue weighted by Gasteiger charge is -2.18. The van der Waals surface area contributed by atoms with E-state index in [0.29, 0.717) is 12.2 Å². The van der Waals surface area contributed by atoms with Crippen molar-refractivity contribution in [2.75, 3.05) is 7.11 Å². The fraction of sp³-hybridized carbons (Fsp3) is 0.235. The molecule has 0 aliphatic heterocycles. The number of hydrogen-bond donors (Lipinski definition) is 0. The monoisotopic (exact) mass is 270 g/mol. The van der Waals surface area contributed by atoms with Crippen molar-refractivity contribution in [3.8, 4) is 0 Å². The summed E-state index contributed by atoms with van der Waals surface area (Å²) in [4.78, 5) is 11.1. The molecule has 0 spiro atoms. The number of methoxy groups -OCH3 is 1. The van der Waals surface area contributed by atoms with E-state index < -0.39 is 0 Å². The predicted octanol–water partition coefficient (Wildman–Crippen LogP) is 3.70. The van der Waals surface area contributed by atoms with Crippen LogP contribution in [-0.4, -0.2) is 13.1 Å². The average molecular weight is 270 g/mol. The van der Waals surface area contributed by atoms with Gasteiger partial charge in [0.05, 0.1) is 7.11 Å². The Kier molecular flexibility index (Phi) is 4.77. The number of rotatable bonds is 4. The molecule has 1 aliphatic rings. The van der Waals surface area contributed by atoms with Crippen molar-refractivity contribution in [2.45, 2.75) is 13.3 Å². The van der Waals surface area contributed by atoms with E-state index in [9.17, 15) is 4.79 Å². The summed E-state index contributed by atoms with van der Waals surface area (Å²) in [6, 6.07) is 10.1. The van der Waals surface area contributed by atoms with Gasteiger partial charge in [-0.2, -0.15) is 0 Å². The quantitative estimate of drug-likeness (QED) is 0.783. The minimum atomic E-state index is -0.306. The fourth-order valence-electron chi connectivity index (χ4n) is 2.07. The lowest BCUT2D eigenvalue weighted by Crippen LogP contribution is -2.08. The van der Waals surface area contributed by atoms with Crippen molar-refractivity contribution in [1.82, 2.24) is 0 Å². The van der Waals surface area contributed by atoms with Crippen molar-refractivity contribution in [3.05, 3.63) is 65.6 Å². The molecule has 0 bridgehead atoms. The molecule has 1 unspecified atom stereocenters. The van der Waals surface area contributed by atoms with Gasteiger partial charge in [0, 0.05) is 25.3 Å². The summed E-state index contributed by atoms with van der Waals surface area (Å²) in [5.74, 6) is 1.21. The van der Waals surface area contributed by atoms with Gasteiger partial charge in [-0.25, -0.2) is 0 Å². The number of hydrogen-bond acceptors (Lipinski definition) is 3. The first-order valence-corrected chi connectivity index (χ1v) is 6.55. The normalized spacial score (nSPS) is 18.4. The van der Waals surface area contributed by atoms with Crippen molar-refractivity contribution in [1.29, 1.82) is 0 Å². The highest BCUT2D eigenvalue weighted by Crippen LogP contribution is 2.25. The first-order valence-electron chi connectivity index (χ1n) is 6.55. The highest BCUT2D eigenvalue weighted by molar-refractivity contribution is 5.67. The number of carbonyl (C=O) groups excluding carboxylic acids is 1. The minimum absolute atomic E-state index is 0.157. The second-order valence-electron chi connectivity index (χ2n) is 4.62. The van der Waals surface area contributed by atoms with Crippen LogP contribution in [0.25, 0.3) is 6.08 Å². The molecular formula is C17H18O3. The van der Waals surface area contributed by atoms with Gasteiger partial charge in [-0.1, -0.05) is 42.5 Å². The van der Waals surface area contributed by atoms with E-state index in [1.165, 1.54) is 6.92 Å². The van der Waals surface area contributed by atoms with Crippen LogP contribution < -0.4 is 0 Å². The predicted molar refractivity (Wildman–Crippen MR) is 78.5 cm³/mol. The molecule has 0 saturated heterocycles. The van der Waals surface area contributed by atoms with Crippen LogP contribution in [0.5, 0.6) is 0 Å². The smallest absolute Gasteiger partial charge is 0.307 e. The number of benzene rings is 1. The number of ether oxygens (including phenoxy) is 2. The standard InChI is InChI=1S/C17H18O3/c1-13(18)20-17-11-15(10-16(12-17)19-2)9-8-14-6-4-3-5-7-14/h3-10,12,15H,11H2,1-2H3/b9-8+. The summed E-state index contributed by atoms with van der Waals surface area (Å²) in [7, 11) is 1.61. The third-order valence-electron chi connectivity index (χ3n) is 2.96. The van der Waals surface area contributed by atoms with Crippen LogP contribution in [0.15, 0.2) is 60.1 Å². The summed E-state index contributed by atoms with van der Waals surface area (Å²) >= 11 is 0. The second-order valence-corrected chi connectivity index (χ2v) is 4.62. The molecule has 0 fully saturated rings. The maximum absolute atomic E-state index is 11.1. The zero-order valence-electron chi connectivity index (χ0n) is 11.7. The Morgan fingerprint density at radius 3 is 2.70 bits per heavy atom. The first-order chi connectivity index (χ1) is 9.67. The Balaban J connectivity index is 2.09. The van der Waals surface area contributed by atoms with Gasteiger partial charge in [0.15, 0.2) is 0 Å². The highest BCUT2D eigenvalue weighted by Gasteiger charge is 2.16. The van der Waals surface area contributed by atoms with Gasteiger partial charge in [-0.3, -0.25) is 4.79 Å². The van der Waals surface area contributed by atoms with Crippen LogP contribution in [0.4, 0.5) is 0 Å². The number of esters is 1. The van der Waals surface area contributed by atoms with Crippen molar-refractivity contribution in [2.24, 2.45) is 5.92 Å². The van der Waals surface area contributed by atoms with E-state index in [0.717, 1.165) is 11.3 Å². The van der Waals surface area contributed by atoms with Crippen LogP contribution >= 0.6 is 0 Å². The van der Waals surface area contributed by atoms with Crippen LogP contribution in [0, 0.1) is 5.92 Å². The Labute approximate surface area is 119 Å². The number of allylic oxidation sites excluding steroid dienone is 4. The third kappa shape index (κ3) is 4.12.